The van der Waals surface area contributed by atoms with Crippen LogP contribution in [-0.2, 0) is 6.54 Å². The SMILES string of the molecule is Cc1nc(CNC(=O)c2nnc3ccc(Cl)cc3n2)cs1. The maximum atomic E-state index is 12.0. The van der Waals surface area contributed by atoms with Gasteiger partial charge in [-0.2, -0.15) is 0 Å². The molecule has 1 N–H and O–H groups in total. The molecule has 0 atom stereocenters. The van der Waals surface area contributed by atoms with E-state index in [0.717, 1.165) is 10.7 Å². The third kappa shape index (κ3) is 3.14. The van der Waals surface area contributed by atoms with Gasteiger partial charge in [0, 0.05) is 10.4 Å². The molecule has 1 aromatic carbocycles. The molecule has 6 nitrogen and oxygen atoms in total. The van der Waals surface area contributed by atoms with Crippen LogP contribution in [0.1, 0.15) is 21.3 Å². The molecule has 0 unspecified atom stereocenters. The van der Waals surface area contributed by atoms with Gasteiger partial charge in [-0.05, 0) is 25.1 Å². The summed E-state index contributed by atoms with van der Waals surface area (Å²) in [5.74, 6) is -0.383. The average Bonchev–Trinajstić information content (AvgIpc) is 2.89. The Kier molecular flexibility index (Phi) is 3.76. The molecule has 0 saturated carbocycles. The Bertz CT molecular complexity index is 819. The number of nitrogens with one attached hydrogen (secondary N) is 1. The number of nitrogens with zero attached hydrogens (tertiary/aromatic N) is 4. The van der Waals surface area contributed by atoms with Crippen molar-refractivity contribution in [3.63, 3.8) is 0 Å². The molecular weight excluding hydrogens is 310 g/mol. The van der Waals surface area contributed by atoms with Crippen molar-refractivity contribution in [3.8, 4) is 0 Å². The van der Waals surface area contributed by atoms with E-state index in [2.05, 4.69) is 25.5 Å². The maximum Gasteiger partial charge on any atom is 0.291 e. The van der Waals surface area contributed by atoms with E-state index in [4.69, 9.17) is 11.6 Å². The van der Waals surface area contributed by atoms with Crippen molar-refractivity contribution in [2.75, 3.05) is 0 Å². The average molecular weight is 320 g/mol. The van der Waals surface area contributed by atoms with Crippen molar-refractivity contribution in [1.82, 2.24) is 25.5 Å². The van der Waals surface area contributed by atoms with Crippen molar-refractivity contribution in [1.29, 1.82) is 0 Å². The van der Waals surface area contributed by atoms with Crippen LogP contribution in [0, 0.1) is 6.92 Å². The van der Waals surface area contributed by atoms with E-state index in [1.165, 1.54) is 11.3 Å². The van der Waals surface area contributed by atoms with E-state index >= 15 is 0 Å². The molecule has 21 heavy (non-hydrogen) atoms. The molecule has 3 rings (SSSR count). The molecule has 0 aliphatic rings. The largest absolute Gasteiger partial charge is 0.344 e. The summed E-state index contributed by atoms with van der Waals surface area (Å²) in [5, 5.41) is 13.9. The zero-order valence-corrected chi connectivity index (χ0v) is 12.6. The van der Waals surface area contributed by atoms with Gasteiger partial charge in [0.1, 0.15) is 5.52 Å². The molecule has 0 aliphatic carbocycles. The summed E-state index contributed by atoms with van der Waals surface area (Å²) < 4.78 is 0. The second-order valence-electron chi connectivity index (χ2n) is 4.31. The van der Waals surface area contributed by atoms with Gasteiger partial charge in [-0.3, -0.25) is 4.79 Å². The van der Waals surface area contributed by atoms with Gasteiger partial charge in [0.2, 0.25) is 5.82 Å². The number of aryl methyl sites for hydroxylation is 1. The monoisotopic (exact) mass is 319 g/mol. The lowest BCUT2D eigenvalue weighted by molar-refractivity contribution is 0.0939. The number of hydrogen-bond donors (Lipinski definition) is 1. The lowest BCUT2D eigenvalue weighted by Gasteiger charge is -2.02. The van der Waals surface area contributed by atoms with E-state index < -0.39 is 5.91 Å². The first-order chi connectivity index (χ1) is 10.1. The molecule has 0 radical (unpaired) electrons. The molecule has 2 heterocycles. The molecule has 1 amide bonds. The summed E-state index contributed by atoms with van der Waals surface area (Å²) in [7, 11) is 0. The Morgan fingerprint density at radius 3 is 2.90 bits per heavy atom. The fourth-order valence-electron chi connectivity index (χ4n) is 1.74. The van der Waals surface area contributed by atoms with Gasteiger partial charge >= 0.3 is 0 Å². The minimum absolute atomic E-state index is 0.0109. The lowest BCUT2D eigenvalue weighted by Crippen LogP contribution is -2.25. The van der Waals surface area contributed by atoms with E-state index in [0.29, 0.717) is 22.6 Å². The van der Waals surface area contributed by atoms with Gasteiger partial charge in [-0.25, -0.2) is 9.97 Å². The van der Waals surface area contributed by atoms with Crippen LogP contribution in [0.3, 0.4) is 0 Å². The van der Waals surface area contributed by atoms with E-state index in [1.54, 1.807) is 18.2 Å². The molecule has 3 aromatic rings. The normalized spacial score (nSPS) is 10.8. The zero-order valence-electron chi connectivity index (χ0n) is 11.0. The van der Waals surface area contributed by atoms with Crippen LogP contribution < -0.4 is 5.32 Å². The van der Waals surface area contributed by atoms with Gasteiger partial charge < -0.3 is 5.32 Å². The molecule has 0 fully saturated rings. The van der Waals surface area contributed by atoms with Gasteiger partial charge in [0.15, 0.2) is 0 Å². The van der Waals surface area contributed by atoms with Crippen molar-refractivity contribution >= 4 is 39.9 Å². The standard InChI is InChI=1S/C13H10ClN5OS/c1-7-16-9(6-21-7)5-15-13(20)12-17-11-4-8(14)2-3-10(11)18-19-12/h2-4,6H,5H2,1H3,(H,15,20). The fourth-order valence-corrected chi connectivity index (χ4v) is 2.52. The first kappa shape index (κ1) is 13.8. The Balaban J connectivity index is 1.77. The number of hydrogen-bond acceptors (Lipinski definition) is 6. The number of aromatic nitrogens is 4. The van der Waals surface area contributed by atoms with Gasteiger partial charge in [-0.1, -0.05) is 11.6 Å². The topological polar surface area (TPSA) is 80.7 Å². The molecule has 2 aromatic heterocycles. The smallest absolute Gasteiger partial charge is 0.291 e. The van der Waals surface area contributed by atoms with Crippen LogP contribution in [0.2, 0.25) is 5.02 Å². The van der Waals surface area contributed by atoms with Crippen molar-refractivity contribution in [2.45, 2.75) is 13.5 Å². The first-order valence-corrected chi connectivity index (χ1v) is 7.37. The Labute approximate surface area is 129 Å². The quantitative estimate of drug-likeness (QED) is 0.801. The van der Waals surface area contributed by atoms with Crippen LogP contribution in [0.5, 0.6) is 0 Å². The Morgan fingerprint density at radius 2 is 2.14 bits per heavy atom. The number of carbonyl (C=O) groups is 1. The molecule has 106 valence electrons. The molecule has 8 heteroatoms. The summed E-state index contributed by atoms with van der Waals surface area (Å²) in [5.41, 5.74) is 1.93. The summed E-state index contributed by atoms with van der Waals surface area (Å²) >= 11 is 7.43. The van der Waals surface area contributed by atoms with E-state index in [1.807, 2.05) is 12.3 Å². The fraction of sp³-hybridized carbons (Fsp3) is 0.154. The maximum absolute atomic E-state index is 12.0. The number of halogens is 1. The second kappa shape index (κ2) is 5.71. The number of carbonyl (C=O) groups excluding carboxylic acids is 1. The van der Waals surface area contributed by atoms with Gasteiger partial charge in [0.25, 0.3) is 5.91 Å². The molecule has 0 saturated heterocycles. The minimum Gasteiger partial charge on any atom is -0.344 e. The highest BCUT2D eigenvalue weighted by Gasteiger charge is 2.11. The molecule has 0 spiro atoms. The highest BCUT2D eigenvalue weighted by molar-refractivity contribution is 7.09. The predicted molar refractivity (Wildman–Crippen MR) is 80.4 cm³/mol. The minimum atomic E-state index is -0.393. The molecule has 0 aliphatic heterocycles. The highest BCUT2D eigenvalue weighted by atomic mass is 35.5. The van der Waals surface area contributed by atoms with E-state index in [9.17, 15) is 4.79 Å². The Hall–Kier alpha value is -2.12. The first-order valence-electron chi connectivity index (χ1n) is 6.11. The number of amides is 1. The number of rotatable bonds is 3. The van der Waals surface area contributed by atoms with Crippen LogP contribution in [0.25, 0.3) is 11.0 Å². The Morgan fingerprint density at radius 1 is 1.29 bits per heavy atom. The zero-order chi connectivity index (χ0) is 14.8. The second-order valence-corrected chi connectivity index (χ2v) is 5.81. The summed E-state index contributed by atoms with van der Waals surface area (Å²) in [6.45, 7) is 2.25. The predicted octanol–water partition coefficient (Wildman–Crippen LogP) is 2.37. The van der Waals surface area contributed by atoms with Crippen molar-refractivity contribution < 1.29 is 4.79 Å². The highest BCUT2D eigenvalue weighted by Crippen LogP contribution is 2.15. The van der Waals surface area contributed by atoms with Crippen LogP contribution in [0.4, 0.5) is 0 Å². The lowest BCUT2D eigenvalue weighted by atomic mass is 10.3. The summed E-state index contributed by atoms with van der Waals surface area (Å²) in [6, 6.07) is 5.05. The summed E-state index contributed by atoms with van der Waals surface area (Å²) in [4.78, 5) is 20.5. The molecular formula is C13H10ClN5OS. The third-order valence-corrected chi connectivity index (χ3v) is 3.77. The van der Waals surface area contributed by atoms with Crippen molar-refractivity contribution in [3.05, 3.63) is 45.1 Å². The summed E-state index contributed by atoms with van der Waals surface area (Å²) in [6.07, 6.45) is 0. The number of thiazole rings is 1. The van der Waals surface area contributed by atoms with Crippen LogP contribution in [-0.4, -0.2) is 26.1 Å². The van der Waals surface area contributed by atoms with E-state index in [-0.39, 0.29) is 5.82 Å². The van der Waals surface area contributed by atoms with Crippen LogP contribution >= 0.6 is 22.9 Å². The molecule has 0 bridgehead atoms. The van der Waals surface area contributed by atoms with Gasteiger partial charge in [-0.15, -0.1) is 21.5 Å². The van der Waals surface area contributed by atoms with Gasteiger partial charge in [0.05, 0.1) is 22.8 Å². The number of benzene rings is 1. The van der Waals surface area contributed by atoms with Crippen LogP contribution in [0.15, 0.2) is 23.6 Å². The third-order valence-electron chi connectivity index (χ3n) is 2.72. The number of fused-ring (bicyclic) bond motifs is 1. The van der Waals surface area contributed by atoms with Crippen molar-refractivity contribution in [2.24, 2.45) is 0 Å².